The Morgan fingerprint density at radius 3 is 2.65 bits per heavy atom. The van der Waals surface area contributed by atoms with E-state index in [1.807, 2.05) is 26.0 Å². The molecular weight excluding hydrogens is 212 g/mol. The zero-order valence-electron chi connectivity index (χ0n) is 11.4. The van der Waals surface area contributed by atoms with Crippen molar-refractivity contribution in [3.8, 4) is 0 Å². The average Bonchev–Trinajstić information content (AvgIpc) is 2.68. The number of hydrogen-bond acceptors (Lipinski definition) is 1. The van der Waals surface area contributed by atoms with Crippen LogP contribution in [0.2, 0.25) is 0 Å². The predicted octanol–water partition coefficient (Wildman–Crippen LogP) is 3.28. The number of rotatable bonds is 0. The van der Waals surface area contributed by atoms with Crippen LogP contribution in [0.5, 0.6) is 0 Å². The van der Waals surface area contributed by atoms with Crippen molar-refractivity contribution in [1.82, 2.24) is 5.32 Å². The quantitative estimate of drug-likeness (QED) is 0.734. The van der Waals surface area contributed by atoms with Gasteiger partial charge in [0, 0.05) is 25.2 Å². The molecule has 1 heterocycles. The van der Waals surface area contributed by atoms with Gasteiger partial charge in [0.25, 0.3) is 0 Å². The van der Waals surface area contributed by atoms with E-state index in [9.17, 15) is 4.79 Å². The number of carbonyl (C=O) groups is 1. The van der Waals surface area contributed by atoms with Gasteiger partial charge in [0.15, 0.2) is 0 Å². The Hall–Kier alpha value is -1.51. The van der Waals surface area contributed by atoms with Crippen LogP contribution in [-0.4, -0.2) is 19.6 Å². The number of hydrogen-bond donors (Lipinski definition) is 1. The van der Waals surface area contributed by atoms with Crippen LogP contribution in [0, 0.1) is 6.92 Å². The van der Waals surface area contributed by atoms with Crippen LogP contribution in [0.25, 0.3) is 0 Å². The number of aryl methyl sites for hydroxylation is 1. The third kappa shape index (κ3) is 2.60. The van der Waals surface area contributed by atoms with Gasteiger partial charge in [-0.3, -0.25) is 4.90 Å². The fourth-order valence-electron chi connectivity index (χ4n) is 2.11. The lowest BCUT2D eigenvalue weighted by molar-refractivity contribution is 0.248. The van der Waals surface area contributed by atoms with Crippen molar-refractivity contribution >= 4 is 11.7 Å². The summed E-state index contributed by atoms with van der Waals surface area (Å²) in [6, 6.07) is 6.23. The number of carbonyl (C=O) groups excluding carboxylic acids is 1. The summed E-state index contributed by atoms with van der Waals surface area (Å²) in [5, 5.41) is 2.67. The fourth-order valence-corrected chi connectivity index (χ4v) is 2.11. The molecule has 0 bridgehead atoms. The van der Waals surface area contributed by atoms with E-state index in [4.69, 9.17) is 0 Å². The normalized spacial score (nSPS) is 17.0. The summed E-state index contributed by atoms with van der Waals surface area (Å²) in [6.07, 6.45) is 0. The summed E-state index contributed by atoms with van der Waals surface area (Å²) in [4.78, 5) is 13.4. The first-order valence-electron chi connectivity index (χ1n) is 6.23. The van der Waals surface area contributed by atoms with Gasteiger partial charge in [-0.25, -0.2) is 4.79 Å². The van der Waals surface area contributed by atoms with Gasteiger partial charge in [-0.15, -0.1) is 0 Å². The first-order chi connectivity index (χ1) is 8.13. The lowest BCUT2D eigenvalue weighted by Crippen LogP contribution is -2.37. The molecule has 1 N–H and O–H groups in total. The molecule has 1 aliphatic heterocycles. The van der Waals surface area contributed by atoms with E-state index in [1.165, 1.54) is 11.1 Å². The molecule has 0 aliphatic carbocycles. The topological polar surface area (TPSA) is 32.3 Å². The van der Waals surface area contributed by atoms with Crippen LogP contribution in [-0.2, 0) is 0 Å². The Morgan fingerprint density at radius 1 is 1.41 bits per heavy atom. The summed E-state index contributed by atoms with van der Waals surface area (Å²) in [7, 11) is 1.67. The molecule has 0 spiro atoms. The van der Waals surface area contributed by atoms with Crippen molar-refractivity contribution < 1.29 is 4.79 Å². The number of urea groups is 1. The Bertz CT molecular complexity index is 401. The molecule has 0 saturated carbocycles. The van der Waals surface area contributed by atoms with Crippen LogP contribution in [0.1, 0.15) is 37.8 Å². The Kier molecular flexibility index (Phi) is 4.55. The number of amides is 2. The van der Waals surface area contributed by atoms with Crippen LogP contribution in [0.15, 0.2) is 18.2 Å². The van der Waals surface area contributed by atoms with Crippen LogP contribution >= 0.6 is 0 Å². The van der Waals surface area contributed by atoms with Crippen LogP contribution in [0.3, 0.4) is 0 Å². The molecule has 17 heavy (non-hydrogen) atoms. The number of benzene rings is 1. The van der Waals surface area contributed by atoms with Gasteiger partial charge in [-0.2, -0.15) is 0 Å². The molecule has 1 aromatic carbocycles. The van der Waals surface area contributed by atoms with E-state index in [1.54, 1.807) is 11.9 Å². The Morgan fingerprint density at radius 2 is 2.06 bits per heavy atom. The number of fused-ring (bicyclic) bond motifs is 1. The van der Waals surface area contributed by atoms with Gasteiger partial charge in [-0.1, -0.05) is 38.5 Å². The minimum atomic E-state index is -0.0237. The molecule has 1 unspecified atom stereocenters. The third-order valence-corrected chi connectivity index (χ3v) is 2.92. The SMILES string of the molecule is CC.CNC(=O)N1CC(C)c2cc(C)ccc21. The van der Waals surface area contributed by atoms with E-state index in [0.717, 1.165) is 12.2 Å². The van der Waals surface area contributed by atoms with Gasteiger partial charge in [0.2, 0.25) is 0 Å². The molecule has 0 saturated heterocycles. The second-order valence-electron chi connectivity index (χ2n) is 4.13. The van der Waals surface area contributed by atoms with E-state index < -0.39 is 0 Å². The third-order valence-electron chi connectivity index (χ3n) is 2.92. The van der Waals surface area contributed by atoms with Crippen molar-refractivity contribution in [2.24, 2.45) is 0 Å². The molecule has 1 aliphatic rings. The highest BCUT2D eigenvalue weighted by Crippen LogP contribution is 2.36. The van der Waals surface area contributed by atoms with Gasteiger partial charge in [0.1, 0.15) is 0 Å². The maximum absolute atomic E-state index is 11.6. The highest BCUT2D eigenvalue weighted by molar-refractivity contribution is 5.94. The molecule has 94 valence electrons. The lowest BCUT2D eigenvalue weighted by atomic mass is 10.0. The number of nitrogens with zero attached hydrogens (tertiary/aromatic N) is 1. The van der Waals surface area contributed by atoms with Crippen molar-refractivity contribution in [3.05, 3.63) is 29.3 Å². The monoisotopic (exact) mass is 234 g/mol. The molecule has 3 nitrogen and oxygen atoms in total. The average molecular weight is 234 g/mol. The van der Waals surface area contributed by atoms with E-state index in [0.29, 0.717) is 5.92 Å². The Labute approximate surface area is 104 Å². The smallest absolute Gasteiger partial charge is 0.321 e. The predicted molar refractivity (Wildman–Crippen MR) is 72.7 cm³/mol. The largest absolute Gasteiger partial charge is 0.341 e. The zero-order chi connectivity index (χ0) is 13.0. The van der Waals surface area contributed by atoms with Crippen molar-refractivity contribution in [2.75, 3.05) is 18.5 Å². The van der Waals surface area contributed by atoms with Gasteiger partial charge >= 0.3 is 6.03 Å². The maximum atomic E-state index is 11.6. The number of nitrogens with one attached hydrogen (secondary N) is 1. The summed E-state index contributed by atoms with van der Waals surface area (Å²) < 4.78 is 0. The van der Waals surface area contributed by atoms with Crippen molar-refractivity contribution in [3.63, 3.8) is 0 Å². The van der Waals surface area contributed by atoms with Crippen LogP contribution in [0.4, 0.5) is 10.5 Å². The lowest BCUT2D eigenvalue weighted by Gasteiger charge is -2.16. The molecule has 2 amide bonds. The molecule has 0 aromatic heterocycles. The highest BCUT2D eigenvalue weighted by atomic mass is 16.2. The summed E-state index contributed by atoms with van der Waals surface area (Å²) in [5.74, 6) is 0.428. The maximum Gasteiger partial charge on any atom is 0.321 e. The molecule has 0 fully saturated rings. The fraction of sp³-hybridized carbons (Fsp3) is 0.500. The molecule has 1 atom stereocenters. The van der Waals surface area contributed by atoms with Crippen molar-refractivity contribution in [2.45, 2.75) is 33.6 Å². The second-order valence-corrected chi connectivity index (χ2v) is 4.13. The summed E-state index contributed by atoms with van der Waals surface area (Å²) in [5.41, 5.74) is 3.57. The standard InChI is InChI=1S/C12H16N2O.C2H6/c1-8-4-5-11-10(6-8)9(2)7-14(11)12(15)13-3;1-2/h4-6,9H,7H2,1-3H3,(H,13,15);1-2H3. The zero-order valence-corrected chi connectivity index (χ0v) is 11.4. The minimum Gasteiger partial charge on any atom is -0.341 e. The Balaban J connectivity index is 0.000000686. The molecular formula is C14H22N2O. The van der Waals surface area contributed by atoms with E-state index in [-0.39, 0.29) is 6.03 Å². The summed E-state index contributed by atoms with van der Waals surface area (Å²) >= 11 is 0. The van der Waals surface area contributed by atoms with E-state index >= 15 is 0 Å². The molecule has 1 aromatic rings. The highest BCUT2D eigenvalue weighted by Gasteiger charge is 2.28. The first-order valence-corrected chi connectivity index (χ1v) is 6.23. The van der Waals surface area contributed by atoms with Crippen molar-refractivity contribution in [1.29, 1.82) is 0 Å². The molecule has 2 rings (SSSR count). The first kappa shape index (κ1) is 13.6. The van der Waals surface area contributed by atoms with Gasteiger partial charge < -0.3 is 5.32 Å². The molecule has 3 heteroatoms. The molecule has 0 radical (unpaired) electrons. The van der Waals surface area contributed by atoms with Gasteiger partial charge in [-0.05, 0) is 18.6 Å². The van der Waals surface area contributed by atoms with Crippen LogP contribution < -0.4 is 10.2 Å². The van der Waals surface area contributed by atoms with Gasteiger partial charge in [0.05, 0.1) is 0 Å². The second kappa shape index (κ2) is 5.71. The summed E-state index contributed by atoms with van der Waals surface area (Å²) in [6.45, 7) is 9.01. The minimum absolute atomic E-state index is 0.0237. The number of anilines is 1. The van der Waals surface area contributed by atoms with E-state index in [2.05, 4.69) is 25.2 Å².